The fraction of sp³-hybridized carbons (Fsp3) is 0.143. The number of para-hydroxylation sites is 1. The smallest absolute Gasteiger partial charge is 0.0548 e. The maximum absolute atomic E-state index is 3.40. The highest BCUT2D eigenvalue weighted by atomic mass is 14.7. The van der Waals surface area contributed by atoms with Gasteiger partial charge in [-0.25, -0.2) is 0 Å². The minimum absolute atomic E-state index is 1.06. The van der Waals surface area contributed by atoms with E-state index < -0.39 is 0 Å². The van der Waals surface area contributed by atoms with Gasteiger partial charge in [0.05, 0.1) is 5.52 Å². The highest BCUT2D eigenvalue weighted by molar-refractivity contribution is 6.08. The van der Waals surface area contributed by atoms with Crippen LogP contribution in [0.2, 0.25) is 0 Å². The maximum Gasteiger partial charge on any atom is 0.0548 e. The molecule has 15 heavy (non-hydrogen) atoms. The molecule has 1 nitrogen and oxygen atoms in total. The molecule has 1 heterocycles. The number of hydrogen-bond donors (Lipinski definition) is 1. The molecule has 3 aromatic rings. The molecule has 0 unspecified atom stereocenters. The van der Waals surface area contributed by atoms with E-state index in [4.69, 9.17) is 0 Å². The summed E-state index contributed by atoms with van der Waals surface area (Å²) < 4.78 is 0. The molecule has 1 radical (unpaired) electrons. The Labute approximate surface area is 88.7 Å². The largest absolute Gasteiger partial charge is 0.354 e. The Morgan fingerprint density at radius 1 is 1.20 bits per heavy atom. The molecule has 0 fully saturated rings. The van der Waals surface area contributed by atoms with Gasteiger partial charge >= 0.3 is 0 Å². The van der Waals surface area contributed by atoms with Gasteiger partial charge in [-0.1, -0.05) is 37.3 Å². The topological polar surface area (TPSA) is 15.8 Å². The summed E-state index contributed by atoms with van der Waals surface area (Å²) in [5.74, 6) is 0. The Bertz CT molecular complexity index is 619. The molecule has 0 aliphatic carbocycles. The van der Waals surface area contributed by atoms with Crippen molar-refractivity contribution in [2.45, 2.75) is 13.3 Å². The Morgan fingerprint density at radius 2 is 2.07 bits per heavy atom. The number of fused-ring (bicyclic) bond motifs is 3. The van der Waals surface area contributed by atoms with E-state index >= 15 is 0 Å². The summed E-state index contributed by atoms with van der Waals surface area (Å²) in [5.41, 5.74) is 3.71. The third-order valence-electron chi connectivity index (χ3n) is 2.92. The van der Waals surface area contributed by atoms with Crippen molar-refractivity contribution < 1.29 is 0 Å². The van der Waals surface area contributed by atoms with Crippen molar-refractivity contribution in [3.63, 3.8) is 0 Å². The number of aryl methyl sites for hydroxylation is 1. The summed E-state index contributed by atoms with van der Waals surface area (Å²) in [6, 6.07) is 15.8. The lowest BCUT2D eigenvalue weighted by molar-refractivity contribution is 1.16. The van der Waals surface area contributed by atoms with Crippen LogP contribution < -0.4 is 0 Å². The minimum Gasteiger partial charge on any atom is -0.354 e. The van der Waals surface area contributed by atoms with Crippen molar-refractivity contribution in [2.24, 2.45) is 0 Å². The molecule has 0 aliphatic rings. The first-order valence-electron chi connectivity index (χ1n) is 5.30. The molecular formula is C14H12N. The third kappa shape index (κ3) is 1.16. The first-order valence-corrected chi connectivity index (χ1v) is 5.30. The summed E-state index contributed by atoms with van der Waals surface area (Å²) in [4.78, 5) is 3.40. The van der Waals surface area contributed by atoms with Crippen LogP contribution in [0.4, 0.5) is 0 Å². The Kier molecular flexibility index (Phi) is 1.78. The number of H-pyrrole nitrogens is 1. The van der Waals surface area contributed by atoms with Crippen LogP contribution in [0.5, 0.6) is 0 Å². The normalized spacial score (nSPS) is 11.3. The highest BCUT2D eigenvalue weighted by Gasteiger charge is 2.06. The van der Waals surface area contributed by atoms with Crippen molar-refractivity contribution in [3.05, 3.63) is 48.0 Å². The molecule has 0 saturated carbocycles. The summed E-state index contributed by atoms with van der Waals surface area (Å²) >= 11 is 0. The highest BCUT2D eigenvalue weighted by Crippen LogP contribution is 2.27. The van der Waals surface area contributed by atoms with Crippen LogP contribution in [0.15, 0.2) is 36.4 Å². The average Bonchev–Trinajstić information content (AvgIpc) is 2.67. The SMILES string of the molecule is CCc1cc[c]c2[nH]c3ccccc3c12. The first kappa shape index (κ1) is 8.54. The number of hydrogen-bond acceptors (Lipinski definition) is 0. The van der Waals surface area contributed by atoms with Crippen molar-refractivity contribution >= 4 is 21.8 Å². The van der Waals surface area contributed by atoms with Gasteiger partial charge in [0.25, 0.3) is 0 Å². The zero-order valence-electron chi connectivity index (χ0n) is 8.67. The number of benzene rings is 2. The lowest BCUT2D eigenvalue weighted by Crippen LogP contribution is -1.80. The molecular weight excluding hydrogens is 182 g/mol. The molecule has 0 bridgehead atoms. The molecule has 0 aliphatic heterocycles. The molecule has 1 heteroatoms. The maximum atomic E-state index is 3.40. The molecule has 0 atom stereocenters. The zero-order chi connectivity index (χ0) is 10.3. The van der Waals surface area contributed by atoms with E-state index in [1.54, 1.807) is 0 Å². The van der Waals surface area contributed by atoms with Gasteiger partial charge in [0, 0.05) is 22.4 Å². The van der Waals surface area contributed by atoms with Crippen molar-refractivity contribution in [2.75, 3.05) is 0 Å². The van der Waals surface area contributed by atoms with Crippen LogP contribution in [-0.2, 0) is 6.42 Å². The number of aromatic nitrogens is 1. The second-order valence-corrected chi connectivity index (χ2v) is 3.78. The predicted octanol–water partition coefficient (Wildman–Crippen LogP) is 3.68. The van der Waals surface area contributed by atoms with Crippen molar-refractivity contribution in [3.8, 4) is 0 Å². The van der Waals surface area contributed by atoms with Crippen LogP contribution in [-0.4, -0.2) is 4.98 Å². The van der Waals surface area contributed by atoms with Crippen LogP contribution in [0.25, 0.3) is 21.8 Å². The fourth-order valence-corrected chi connectivity index (χ4v) is 2.19. The van der Waals surface area contributed by atoms with Crippen LogP contribution in [0.1, 0.15) is 12.5 Å². The molecule has 0 saturated heterocycles. The molecule has 1 N–H and O–H groups in total. The van der Waals surface area contributed by atoms with E-state index in [9.17, 15) is 0 Å². The lowest BCUT2D eigenvalue weighted by atomic mass is 10.0. The Balaban J connectivity index is 2.56. The summed E-state index contributed by atoms with van der Waals surface area (Å²) in [5, 5.41) is 2.64. The summed E-state index contributed by atoms with van der Waals surface area (Å²) in [6.07, 6.45) is 1.06. The minimum atomic E-state index is 1.06. The van der Waals surface area contributed by atoms with E-state index in [-0.39, 0.29) is 0 Å². The molecule has 2 aromatic carbocycles. The Morgan fingerprint density at radius 3 is 2.93 bits per heavy atom. The molecule has 3 rings (SSSR count). The van der Waals surface area contributed by atoms with E-state index in [1.165, 1.54) is 21.9 Å². The third-order valence-corrected chi connectivity index (χ3v) is 2.92. The van der Waals surface area contributed by atoms with Crippen molar-refractivity contribution in [1.82, 2.24) is 4.98 Å². The van der Waals surface area contributed by atoms with Gasteiger partial charge < -0.3 is 4.98 Å². The number of nitrogens with one attached hydrogen (secondary N) is 1. The van der Waals surface area contributed by atoms with Crippen LogP contribution in [0, 0.1) is 6.07 Å². The molecule has 73 valence electrons. The predicted molar refractivity (Wildman–Crippen MR) is 64.0 cm³/mol. The second-order valence-electron chi connectivity index (χ2n) is 3.78. The number of aromatic amines is 1. The van der Waals surface area contributed by atoms with Gasteiger partial charge in [-0.15, -0.1) is 0 Å². The zero-order valence-corrected chi connectivity index (χ0v) is 8.67. The van der Waals surface area contributed by atoms with Crippen LogP contribution in [0.3, 0.4) is 0 Å². The van der Waals surface area contributed by atoms with E-state index in [1.807, 2.05) is 6.07 Å². The van der Waals surface area contributed by atoms with E-state index in [0.717, 1.165) is 11.9 Å². The molecule has 0 spiro atoms. The fourth-order valence-electron chi connectivity index (χ4n) is 2.19. The second kappa shape index (κ2) is 3.13. The van der Waals surface area contributed by atoms with E-state index in [2.05, 4.69) is 48.3 Å². The van der Waals surface area contributed by atoms with Gasteiger partial charge in [-0.3, -0.25) is 0 Å². The van der Waals surface area contributed by atoms with Gasteiger partial charge in [-0.2, -0.15) is 0 Å². The Hall–Kier alpha value is -1.76. The van der Waals surface area contributed by atoms with Gasteiger partial charge in [-0.05, 0) is 18.1 Å². The standard InChI is InChI=1S/C14H12N/c1-2-10-6-5-9-13-14(10)11-7-3-4-8-12(11)15-13/h3-8,15H,2H2,1H3. The molecule has 0 amide bonds. The molecule has 1 aromatic heterocycles. The van der Waals surface area contributed by atoms with Gasteiger partial charge in [0.2, 0.25) is 0 Å². The summed E-state index contributed by atoms with van der Waals surface area (Å²) in [6.45, 7) is 2.19. The van der Waals surface area contributed by atoms with Gasteiger partial charge in [0.1, 0.15) is 0 Å². The van der Waals surface area contributed by atoms with Crippen LogP contribution >= 0.6 is 0 Å². The average molecular weight is 194 g/mol. The van der Waals surface area contributed by atoms with E-state index in [0.29, 0.717) is 0 Å². The monoisotopic (exact) mass is 194 g/mol. The summed E-state index contributed by atoms with van der Waals surface area (Å²) in [7, 11) is 0. The number of rotatable bonds is 1. The quantitative estimate of drug-likeness (QED) is 0.608. The first-order chi connectivity index (χ1) is 7.40. The lowest BCUT2D eigenvalue weighted by Gasteiger charge is -1.98. The van der Waals surface area contributed by atoms with Crippen molar-refractivity contribution in [1.29, 1.82) is 0 Å². The van der Waals surface area contributed by atoms with Gasteiger partial charge in [0.15, 0.2) is 0 Å².